The normalized spacial score (nSPS) is 9.26. The number of rotatable bonds is 7. The summed E-state index contributed by atoms with van der Waals surface area (Å²) < 4.78 is 0. The van der Waals surface area contributed by atoms with Gasteiger partial charge in [0, 0.05) is 19.3 Å². The molecule has 2 aromatic carbocycles. The van der Waals surface area contributed by atoms with Gasteiger partial charge in [-0.25, -0.2) is 0 Å². The van der Waals surface area contributed by atoms with E-state index in [1.807, 2.05) is 24.3 Å². The number of hydrogen-bond donors (Lipinski definition) is 2. The summed E-state index contributed by atoms with van der Waals surface area (Å²) in [6, 6.07) is 19.9. The van der Waals surface area contributed by atoms with Crippen molar-refractivity contribution in [2.45, 2.75) is 32.6 Å². The highest BCUT2D eigenvalue weighted by Crippen LogP contribution is 2.11. The highest BCUT2D eigenvalue weighted by molar-refractivity contribution is 5.56. The van der Waals surface area contributed by atoms with Gasteiger partial charge in [-0.2, -0.15) is 5.26 Å². The summed E-state index contributed by atoms with van der Waals surface area (Å²) in [5.41, 5.74) is 2.80. The van der Waals surface area contributed by atoms with Crippen molar-refractivity contribution in [2.24, 2.45) is 0 Å². The van der Waals surface area contributed by atoms with E-state index in [9.17, 15) is 0 Å². The van der Waals surface area contributed by atoms with Crippen molar-refractivity contribution in [1.82, 2.24) is 0 Å². The number of unbranched alkanes of at least 4 members (excludes halogenated alkanes) is 3. The van der Waals surface area contributed by atoms with E-state index in [2.05, 4.69) is 47.9 Å². The molecule has 0 aliphatic rings. The molecule has 0 aliphatic carbocycles. The molecular weight excluding hydrogens is 282 g/mol. The van der Waals surface area contributed by atoms with E-state index in [4.69, 9.17) is 5.26 Å². The van der Waals surface area contributed by atoms with Crippen LogP contribution in [0.5, 0.6) is 0 Å². The Labute approximate surface area is 140 Å². The SMILES string of the molecule is CCCCCCNc1ccccc1.CNc1ccccc1C#N. The standard InChI is InChI=1S/C12H19N.C8H8N2/c1-2-3-4-8-11-13-12-9-6-5-7-10-12;1-10-8-5-3-2-4-7(8)6-9/h5-7,9-10,13H,2-4,8,11H2,1H3;2-5,10H,1H3. The average Bonchev–Trinajstić information content (AvgIpc) is 2.63. The van der Waals surface area contributed by atoms with Crippen LogP contribution in [0, 0.1) is 11.3 Å². The minimum Gasteiger partial charge on any atom is -0.387 e. The predicted molar refractivity (Wildman–Crippen MR) is 99.8 cm³/mol. The number of nitrogens with one attached hydrogen (secondary N) is 2. The predicted octanol–water partition coefficient (Wildman–Crippen LogP) is 5.28. The molecule has 2 aromatic rings. The zero-order chi connectivity index (χ0) is 16.8. The third-order valence-electron chi connectivity index (χ3n) is 3.45. The van der Waals surface area contributed by atoms with Crippen LogP contribution in [0.3, 0.4) is 0 Å². The maximum absolute atomic E-state index is 8.56. The summed E-state index contributed by atoms with van der Waals surface area (Å²) in [4.78, 5) is 0. The first-order valence-corrected chi connectivity index (χ1v) is 8.27. The fourth-order valence-corrected chi connectivity index (χ4v) is 2.14. The van der Waals surface area contributed by atoms with Crippen molar-refractivity contribution in [2.75, 3.05) is 24.2 Å². The number of nitriles is 1. The molecule has 0 fully saturated rings. The lowest BCUT2D eigenvalue weighted by Crippen LogP contribution is -2.00. The second-order valence-corrected chi connectivity index (χ2v) is 5.26. The second-order valence-electron chi connectivity index (χ2n) is 5.26. The van der Waals surface area contributed by atoms with Crippen LogP contribution in [0.4, 0.5) is 11.4 Å². The van der Waals surface area contributed by atoms with Gasteiger partial charge in [0.15, 0.2) is 0 Å². The Bertz CT molecular complexity index is 573. The minimum atomic E-state index is 0.685. The molecule has 0 bridgehead atoms. The van der Waals surface area contributed by atoms with E-state index in [0.29, 0.717) is 5.56 Å². The fourth-order valence-electron chi connectivity index (χ4n) is 2.14. The highest BCUT2D eigenvalue weighted by Gasteiger charge is 1.94. The van der Waals surface area contributed by atoms with E-state index in [-0.39, 0.29) is 0 Å². The molecule has 0 radical (unpaired) electrons. The van der Waals surface area contributed by atoms with Gasteiger partial charge in [-0.1, -0.05) is 56.5 Å². The topological polar surface area (TPSA) is 47.8 Å². The second kappa shape index (κ2) is 12.1. The van der Waals surface area contributed by atoms with Crippen LogP contribution in [-0.4, -0.2) is 13.6 Å². The van der Waals surface area contributed by atoms with Gasteiger partial charge in [0.2, 0.25) is 0 Å². The monoisotopic (exact) mass is 309 g/mol. The van der Waals surface area contributed by atoms with E-state index in [1.165, 1.54) is 31.4 Å². The molecule has 2 N–H and O–H groups in total. The lowest BCUT2D eigenvalue weighted by Gasteiger charge is -2.04. The molecule has 0 saturated carbocycles. The summed E-state index contributed by atoms with van der Waals surface area (Å²) in [6.07, 6.45) is 5.29. The van der Waals surface area contributed by atoms with Gasteiger partial charge in [-0.15, -0.1) is 0 Å². The maximum atomic E-state index is 8.56. The molecule has 0 atom stereocenters. The van der Waals surface area contributed by atoms with E-state index in [0.717, 1.165) is 12.2 Å². The quantitative estimate of drug-likeness (QED) is 0.684. The van der Waals surface area contributed by atoms with Crippen molar-refractivity contribution in [3.63, 3.8) is 0 Å². The molecule has 0 spiro atoms. The molecule has 2 rings (SSSR count). The average molecular weight is 309 g/mol. The molecule has 0 unspecified atom stereocenters. The Morgan fingerprint density at radius 3 is 2.22 bits per heavy atom. The third-order valence-corrected chi connectivity index (χ3v) is 3.45. The lowest BCUT2D eigenvalue weighted by atomic mass is 10.2. The minimum absolute atomic E-state index is 0.685. The van der Waals surface area contributed by atoms with Crippen LogP contribution in [0.15, 0.2) is 54.6 Å². The smallest absolute Gasteiger partial charge is 0.101 e. The van der Waals surface area contributed by atoms with Crippen LogP contribution in [0.25, 0.3) is 0 Å². The highest BCUT2D eigenvalue weighted by atomic mass is 14.9. The molecule has 0 amide bonds. The maximum Gasteiger partial charge on any atom is 0.101 e. The molecule has 122 valence electrons. The Kier molecular flexibility index (Phi) is 9.78. The van der Waals surface area contributed by atoms with Gasteiger partial charge >= 0.3 is 0 Å². The van der Waals surface area contributed by atoms with Crippen LogP contribution in [-0.2, 0) is 0 Å². The molecular formula is C20H27N3. The number of anilines is 2. The summed E-state index contributed by atoms with van der Waals surface area (Å²) in [5.74, 6) is 0. The van der Waals surface area contributed by atoms with Crippen LogP contribution in [0.1, 0.15) is 38.2 Å². The molecule has 23 heavy (non-hydrogen) atoms. The van der Waals surface area contributed by atoms with Gasteiger partial charge < -0.3 is 10.6 Å². The first-order chi connectivity index (χ1) is 11.3. The van der Waals surface area contributed by atoms with Crippen molar-refractivity contribution in [3.8, 4) is 6.07 Å². The molecule has 0 saturated heterocycles. The van der Waals surface area contributed by atoms with Gasteiger partial charge in [-0.05, 0) is 30.7 Å². The van der Waals surface area contributed by atoms with Crippen molar-refractivity contribution < 1.29 is 0 Å². The van der Waals surface area contributed by atoms with Gasteiger partial charge in [0.25, 0.3) is 0 Å². The number of para-hydroxylation sites is 2. The van der Waals surface area contributed by atoms with Gasteiger partial charge in [0.1, 0.15) is 6.07 Å². The fraction of sp³-hybridized carbons (Fsp3) is 0.350. The zero-order valence-corrected chi connectivity index (χ0v) is 14.2. The summed E-state index contributed by atoms with van der Waals surface area (Å²) >= 11 is 0. The Hall–Kier alpha value is -2.47. The van der Waals surface area contributed by atoms with Crippen LogP contribution >= 0.6 is 0 Å². The Morgan fingerprint density at radius 2 is 1.61 bits per heavy atom. The van der Waals surface area contributed by atoms with Crippen molar-refractivity contribution in [1.29, 1.82) is 5.26 Å². The molecule has 3 heteroatoms. The first-order valence-electron chi connectivity index (χ1n) is 8.27. The summed E-state index contributed by atoms with van der Waals surface area (Å²) in [7, 11) is 1.80. The van der Waals surface area contributed by atoms with E-state index >= 15 is 0 Å². The van der Waals surface area contributed by atoms with Crippen molar-refractivity contribution >= 4 is 11.4 Å². The number of nitrogens with zero attached hydrogens (tertiary/aromatic N) is 1. The summed E-state index contributed by atoms with van der Waals surface area (Å²) in [6.45, 7) is 3.34. The molecule has 0 heterocycles. The zero-order valence-electron chi connectivity index (χ0n) is 14.2. The Morgan fingerprint density at radius 1 is 0.913 bits per heavy atom. The van der Waals surface area contributed by atoms with Crippen molar-refractivity contribution in [3.05, 3.63) is 60.2 Å². The molecule has 0 aromatic heterocycles. The van der Waals surface area contributed by atoms with Gasteiger partial charge in [-0.3, -0.25) is 0 Å². The molecule has 3 nitrogen and oxygen atoms in total. The Balaban J connectivity index is 0.000000238. The first kappa shape index (κ1) is 18.6. The van der Waals surface area contributed by atoms with Crippen LogP contribution in [0.2, 0.25) is 0 Å². The number of benzene rings is 2. The third kappa shape index (κ3) is 7.92. The summed E-state index contributed by atoms with van der Waals surface area (Å²) in [5, 5.41) is 14.9. The largest absolute Gasteiger partial charge is 0.387 e. The van der Waals surface area contributed by atoms with E-state index in [1.54, 1.807) is 13.1 Å². The molecule has 0 aliphatic heterocycles. The lowest BCUT2D eigenvalue weighted by molar-refractivity contribution is 0.685. The van der Waals surface area contributed by atoms with E-state index < -0.39 is 0 Å². The van der Waals surface area contributed by atoms with Crippen LogP contribution < -0.4 is 10.6 Å². The van der Waals surface area contributed by atoms with Gasteiger partial charge in [0.05, 0.1) is 11.3 Å². The number of hydrogen-bond acceptors (Lipinski definition) is 3.